The minimum Gasteiger partial charge on any atom is -0.494 e. The molecule has 0 aromatic heterocycles. The lowest BCUT2D eigenvalue weighted by molar-refractivity contribution is -0.118. The Morgan fingerprint density at radius 3 is 2.68 bits per heavy atom. The van der Waals surface area contributed by atoms with Crippen LogP contribution in [0.2, 0.25) is 0 Å². The van der Waals surface area contributed by atoms with Gasteiger partial charge in [0, 0.05) is 17.5 Å². The molecule has 0 saturated heterocycles. The second-order valence-corrected chi connectivity index (χ2v) is 5.36. The van der Waals surface area contributed by atoms with Crippen LogP contribution in [0.5, 0.6) is 5.75 Å². The Bertz CT molecular complexity index is 380. The van der Waals surface area contributed by atoms with E-state index >= 15 is 0 Å². The van der Waals surface area contributed by atoms with Crippen molar-refractivity contribution in [2.45, 2.75) is 31.2 Å². The first-order chi connectivity index (χ1) is 9.11. The van der Waals surface area contributed by atoms with Crippen LogP contribution >= 0.6 is 11.8 Å². The Morgan fingerprint density at radius 2 is 2.11 bits per heavy atom. The van der Waals surface area contributed by atoms with Crippen molar-refractivity contribution in [2.75, 3.05) is 18.9 Å². The summed E-state index contributed by atoms with van der Waals surface area (Å²) in [5.74, 6) is 1.32. The molecule has 0 aliphatic heterocycles. The lowest BCUT2D eigenvalue weighted by Gasteiger charge is -2.07. The maximum absolute atomic E-state index is 11.6. The van der Waals surface area contributed by atoms with Crippen LogP contribution in [0.15, 0.2) is 29.2 Å². The summed E-state index contributed by atoms with van der Waals surface area (Å²) in [4.78, 5) is 12.6. The van der Waals surface area contributed by atoms with Gasteiger partial charge in [-0.15, -0.1) is 11.8 Å². The van der Waals surface area contributed by atoms with Gasteiger partial charge in [0.2, 0.25) is 5.91 Å². The maximum Gasteiger partial charge on any atom is 0.230 e. The highest BCUT2D eigenvalue weighted by atomic mass is 32.2. The molecule has 1 amide bonds. The second kappa shape index (κ2) is 8.82. The number of carbonyl (C=O) groups is 1. The largest absolute Gasteiger partial charge is 0.494 e. The zero-order valence-corrected chi connectivity index (χ0v) is 12.3. The molecule has 0 aliphatic carbocycles. The molecule has 1 aromatic carbocycles. The average Bonchev–Trinajstić information content (AvgIpc) is 2.38. The van der Waals surface area contributed by atoms with Crippen LogP contribution in [0, 0.1) is 0 Å². The number of ether oxygens (including phenoxy) is 1. The van der Waals surface area contributed by atoms with E-state index in [1.54, 1.807) is 0 Å². The van der Waals surface area contributed by atoms with Gasteiger partial charge in [-0.1, -0.05) is 0 Å². The summed E-state index contributed by atoms with van der Waals surface area (Å²) >= 11 is 1.52. The fourth-order valence-corrected chi connectivity index (χ4v) is 2.17. The van der Waals surface area contributed by atoms with Gasteiger partial charge in [-0.2, -0.15) is 0 Å². The van der Waals surface area contributed by atoms with Crippen molar-refractivity contribution in [3.8, 4) is 5.75 Å². The van der Waals surface area contributed by atoms with Crippen LogP contribution in [0.25, 0.3) is 0 Å². The standard InChI is InChI=1S/C14H22N2O2S/c1-3-18-12-4-6-13(7-5-12)19-10-14(17)16-9-8-11(2)15/h4-7,11H,3,8-10,15H2,1-2H3,(H,16,17). The van der Waals surface area contributed by atoms with Gasteiger partial charge in [0.15, 0.2) is 0 Å². The van der Waals surface area contributed by atoms with E-state index in [1.165, 1.54) is 11.8 Å². The van der Waals surface area contributed by atoms with Gasteiger partial charge in [0.05, 0.1) is 12.4 Å². The Morgan fingerprint density at radius 1 is 1.42 bits per heavy atom. The van der Waals surface area contributed by atoms with E-state index in [9.17, 15) is 4.79 Å². The monoisotopic (exact) mass is 282 g/mol. The molecule has 0 fully saturated rings. The number of thioether (sulfide) groups is 1. The van der Waals surface area contributed by atoms with Gasteiger partial charge < -0.3 is 15.8 Å². The Labute approximate surface area is 119 Å². The minimum atomic E-state index is 0.0412. The molecular formula is C14H22N2O2S. The summed E-state index contributed by atoms with van der Waals surface area (Å²) in [6.45, 7) is 5.19. The van der Waals surface area contributed by atoms with Gasteiger partial charge in [-0.05, 0) is 44.5 Å². The molecule has 106 valence electrons. The van der Waals surface area contributed by atoms with Gasteiger partial charge >= 0.3 is 0 Å². The molecule has 4 nitrogen and oxygen atoms in total. The van der Waals surface area contributed by atoms with Crippen molar-refractivity contribution in [3.05, 3.63) is 24.3 Å². The van der Waals surface area contributed by atoms with E-state index in [0.717, 1.165) is 17.1 Å². The molecule has 3 N–H and O–H groups in total. The predicted molar refractivity (Wildman–Crippen MR) is 79.6 cm³/mol. The summed E-state index contributed by atoms with van der Waals surface area (Å²) in [6, 6.07) is 7.88. The molecule has 0 saturated carbocycles. The zero-order valence-electron chi connectivity index (χ0n) is 11.5. The van der Waals surface area contributed by atoms with E-state index in [2.05, 4.69) is 5.32 Å². The number of benzene rings is 1. The highest BCUT2D eigenvalue weighted by Crippen LogP contribution is 2.21. The molecular weight excluding hydrogens is 260 g/mol. The third kappa shape index (κ3) is 7.08. The summed E-state index contributed by atoms with van der Waals surface area (Å²) in [5.41, 5.74) is 5.61. The minimum absolute atomic E-state index is 0.0412. The molecule has 0 radical (unpaired) electrons. The Hall–Kier alpha value is -1.20. The molecule has 1 aromatic rings. The molecule has 0 spiro atoms. The van der Waals surface area contributed by atoms with Crippen LogP contribution in [0.1, 0.15) is 20.3 Å². The first-order valence-electron chi connectivity index (χ1n) is 6.49. The number of rotatable bonds is 8. The lowest BCUT2D eigenvalue weighted by Crippen LogP contribution is -2.30. The first-order valence-corrected chi connectivity index (χ1v) is 7.48. The second-order valence-electron chi connectivity index (χ2n) is 4.31. The van der Waals surface area contributed by atoms with E-state index in [4.69, 9.17) is 10.5 Å². The molecule has 0 bridgehead atoms. The molecule has 5 heteroatoms. The summed E-state index contributed by atoms with van der Waals surface area (Å²) in [7, 11) is 0. The lowest BCUT2D eigenvalue weighted by atomic mass is 10.2. The molecule has 0 aliphatic rings. The smallest absolute Gasteiger partial charge is 0.230 e. The van der Waals surface area contributed by atoms with Crippen molar-refractivity contribution in [3.63, 3.8) is 0 Å². The maximum atomic E-state index is 11.6. The molecule has 1 atom stereocenters. The molecule has 19 heavy (non-hydrogen) atoms. The Kier molecular flexibility index (Phi) is 7.36. The van der Waals surface area contributed by atoms with Gasteiger partial charge in [0.25, 0.3) is 0 Å². The van der Waals surface area contributed by atoms with Crippen LogP contribution in [0.3, 0.4) is 0 Å². The van der Waals surface area contributed by atoms with E-state index in [0.29, 0.717) is 18.9 Å². The molecule has 1 unspecified atom stereocenters. The molecule has 0 heterocycles. The topological polar surface area (TPSA) is 64.3 Å². The fraction of sp³-hybridized carbons (Fsp3) is 0.500. The summed E-state index contributed by atoms with van der Waals surface area (Å²) in [6.07, 6.45) is 0.805. The SMILES string of the molecule is CCOc1ccc(SCC(=O)NCCC(C)N)cc1. The summed E-state index contributed by atoms with van der Waals surface area (Å²) < 4.78 is 5.36. The highest BCUT2D eigenvalue weighted by molar-refractivity contribution is 8.00. The van der Waals surface area contributed by atoms with Crippen molar-refractivity contribution < 1.29 is 9.53 Å². The predicted octanol–water partition coefficient (Wildman–Crippen LogP) is 2.03. The average molecular weight is 282 g/mol. The first kappa shape index (κ1) is 15.9. The van der Waals surface area contributed by atoms with Crippen LogP contribution in [0.4, 0.5) is 0 Å². The Balaban J connectivity index is 2.25. The van der Waals surface area contributed by atoms with Crippen LogP contribution < -0.4 is 15.8 Å². The highest BCUT2D eigenvalue weighted by Gasteiger charge is 2.03. The number of hydrogen-bond donors (Lipinski definition) is 2. The number of nitrogens with one attached hydrogen (secondary N) is 1. The normalized spacial score (nSPS) is 11.9. The number of carbonyl (C=O) groups excluding carboxylic acids is 1. The fourth-order valence-electron chi connectivity index (χ4n) is 1.44. The summed E-state index contributed by atoms with van der Waals surface area (Å²) in [5, 5.41) is 2.85. The number of hydrogen-bond acceptors (Lipinski definition) is 4. The zero-order chi connectivity index (χ0) is 14.1. The third-order valence-corrected chi connectivity index (χ3v) is 3.44. The van der Waals surface area contributed by atoms with E-state index < -0.39 is 0 Å². The van der Waals surface area contributed by atoms with Gasteiger partial charge in [-0.25, -0.2) is 0 Å². The van der Waals surface area contributed by atoms with Crippen molar-refractivity contribution >= 4 is 17.7 Å². The number of nitrogens with two attached hydrogens (primary N) is 1. The third-order valence-electron chi connectivity index (χ3n) is 2.43. The van der Waals surface area contributed by atoms with E-state index in [1.807, 2.05) is 38.1 Å². The van der Waals surface area contributed by atoms with E-state index in [-0.39, 0.29) is 11.9 Å². The van der Waals surface area contributed by atoms with Gasteiger partial charge in [-0.3, -0.25) is 4.79 Å². The van der Waals surface area contributed by atoms with Crippen molar-refractivity contribution in [2.24, 2.45) is 5.73 Å². The van der Waals surface area contributed by atoms with Crippen molar-refractivity contribution in [1.29, 1.82) is 0 Å². The quantitative estimate of drug-likeness (QED) is 0.716. The molecule has 1 rings (SSSR count). The number of amides is 1. The van der Waals surface area contributed by atoms with Gasteiger partial charge in [0.1, 0.15) is 5.75 Å². The van der Waals surface area contributed by atoms with Crippen molar-refractivity contribution in [1.82, 2.24) is 5.32 Å². The van der Waals surface area contributed by atoms with Crippen LogP contribution in [-0.2, 0) is 4.79 Å². The van der Waals surface area contributed by atoms with Crippen LogP contribution in [-0.4, -0.2) is 30.9 Å².